The lowest BCUT2D eigenvalue weighted by atomic mass is 10.2. The number of nitrogens with one attached hydrogen (secondary N) is 3. The Bertz CT molecular complexity index is 825. The van der Waals surface area contributed by atoms with Crippen molar-refractivity contribution < 1.29 is 18.7 Å². The van der Waals surface area contributed by atoms with Crippen LogP contribution in [0.25, 0.3) is 0 Å². The number of hydrogen-bond donors (Lipinski definition) is 3. The number of esters is 1. The zero-order valence-corrected chi connectivity index (χ0v) is 16.9. The monoisotopic (exact) mass is 449 g/mol. The van der Waals surface area contributed by atoms with E-state index in [9.17, 15) is 9.59 Å². The predicted octanol–water partition coefficient (Wildman–Crippen LogP) is 3.48. The van der Waals surface area contributed by atoms with E-state index < -0.39 is 21.8 Å². The number of methoxy groups -OCH3 is 1. The number of para-hydroxylation sites is 1. The lowest BCUT2D eigenvalue weighted by molar-refractivity contribution is 0.0601. The summed E-state index contributed by atoms with van der Waals surface area (Å²) in [7, 11) is 1.26. The van der Waals surface area contributed by atoms with Crippen molar-refractivity contribution in [2.24, 2.45) is 0 Å². The predicted molar refractivity (Wildman–Crippen MR) is 107 cm³/mol. The van der Waals surface area contributed by atoms with Crippen molar-refractivity contribution >= 4 is 69.7 Å². The minimum atomic E-state index is -1.93. The van der Waals surface area contributed by atoms with E-state index in [1.165, 1.54) is 19.4 Å². The largest absolute Gasteiger partial charge is 0.465 e. The zero-order valence-electron chi connectivity index (χ0n) is 13.8. The SMILES string of the molecule is COC(=O)c1ccccc1NC(=S)N[C@@H](NC(=O)c1ccco1)C(Cl)(Cl)Cl. The fourth-order valence-electron chi connectivity index (χ4n) is 1.98. The Labute approximate surface area is 175 Å². The molecule has 7 nitrogen and oxygen atoms in total. The number of halogens is 3. The average Bonchev–Trinajstić information content (AvgIpc) is 3.15. The first-order chi connectivity index (χ1) is 12.7. The van der Waals surface area contributed by atoms with Crippen molar-refractivity contribution in [3.8, 4) is 0 Å². The van der Waals surface area contributed by atoms with Crippen LogP contribution in [0.1, 0.15) is 20.9 Å². The maximum Gasteiger partial charge on any atom is 0.339 e. The van der Waals surface area contributed by atoms with Crippen LogP contribution in [-0.4, -0.2) is 34.1 Å². The van der Waals surface area contributed by atoms with Gasteiger partial charge in [-0.1, -0.05) is 46.9 Å². The van der Waals surface area contributed by atoms with Gasteiger partial charge in [-0.25, -0.2) is 4.79 Å². The van der Waals surface area contributed by atoms with Gasteiger partial charge in [0.2, 0.25) is 3.79 Å². The molecule has 0 unspecified atom stereocenters. The highest BCUT2D eigenvalue weighted by Crippen LogP contribution is 2.29. The third-order valence-electron chi connectivity index (χ3n) is 3.20. The van der Waals surface area contributed by atoms with E-state index in [0.29, 0.717) is 5.69 Å². The van der Waals surface area contributed by atoms with Crippen LogP contribution in [0, 0.1) is 0 Å². The van der Waals surface area contributed by atoms with E-state index in [1.807, 2.05) is 0 Å². The number of carbonyl (C=O) groups is 2. The molecule has 1 aromatic carbocycles. The number of hydrogen-bond acceptors (Lipinski definition) is 5. The number of ether oxygens (including phenoxy) is 1. The van der Waals surface area contributed by atoms with Gasteiger partial charge in [0.15, 0.2) is 10.9 Å². The van der Waals surface area contributed by atoms with Crippen LogP contribution in [0.2, 0.25) is 0 Å². The minimum absolute atomic E-state index is 0.00224. The van der Waals surface area contributed by atoms with Crippen LogP contribution in [0.5, 0.6) is 0 Å². The molecule has 2 rings (SSSR count). The van der Waals surface area contributed by atoms with Gasteiger partial charge in [0, 0.05) is 0 Å². The summed E-state index contributed by atoms with van der Waals surface area (Å²) in [6, 6.07) is 9.54. The second kappa shape index (κ2) is 9.27. The molecule has 11 heteroatoms. The first-order valence-electron chi connectivity index (χ1n) is 7.38. The van der Waals surface area contributed by atoms with Crippen molar-refractivity contribution in [1.82, 2.24) is 10.6 Å². The van der Waals surface area contributed by atoms with Crippen molar-refractivity contribution in [1.29, 1.82) is 0 Å². The van der Waals surface area contributed by atoms with Crippen molar-refractivity contribution in [3.05, 3.63) is 54.0 Å². The first-order valence-corrected chi connectivity index (χ1v) is 8.92. The summed E-state index contributed by atoms with van der Waals surface area (Å²) in [5, 5.41) is 7.95. The number of anilines is 1. The fraction of sp³-hybridized carbons (Fsp3) is 0.188. The van der Waals surface area contributed by atoms with E-state index in [1.54, 1.807) is 30.3 Å². The van der Waals surface area contributed by atoms with Gasteiger partial charge >= 0.3 is 5.97 Å². The number of amides is 1. The van der Waals surface area contributed by atoms with Crippen LogP contribution in [0.15, 0.2) is 47.1 Å². The molecule has 2 aromatic rings. The van der Waals surface area contributed by atoms with Crippen molar-refractivity contribution in [2.45, 2.75) is 9.96 Å². The van der Waals surface area contributed by atoms with E-state index >= 15 is 0 Å². The smallest absolute Gasteiger partial charge is 0.339 e. The molecule has 1 heterocycles. The lowest BCUT2D eigenvalue weighted by Crippen LogP contribution is -2.56. The van der Waals surface area contributed by atoms with Gasteiger partial charge in [-0.15, -0.1) is 0 Å². The van der Waals surface area contributed by atoms with Gasteiger partial charge < -0.3 is 25.1 Å². The molecular formula is C16H14Cl3N3O4S. The Morgan fingerprint density at radius 1 is 1.15 bits per heavy atom. The molecule has 0 aliphatic heterocycles. The molecule has 1 amide bonds. The molecule has 3 N–H and O–H groups in total. The third kappa shape index (κ3) is 6.00. The Morgan fingerprint density at radius 2 is 1.85 bits per heavy atom. The highest BCUT2D eigenvalue weighted by Gasteiger charge is 2.35. The van der Waals surface area contributed by atoms with E-state index in [4.69, 9.17) is 56.2 Å². The number of thiocarbonyl (C=S) groups is 1. The molecular weight excluding hydrogens is 437 g/mol. The van der Waals surface area contributed by atoms with Gasteiger partial charge in [-0.2, -0.15) is 0 Å². The minimum Gasteiger partial charge on any atom is -0.465 e. The molecule has 0 bridgehead atoms. The molecule has 0 aliphatic carbocycles. The van der Waals surface area contributed by atoms with Gasteiger partial charge in [-0.3, -0.25) is 4.79 Å². The summed E-state index contributed by atoms with van der Waals surface area (Å²) in [5.74, 6) is -1.13. The van der Waals surface area contributed by atoms with E-state index in [-0.39, 0.29) is 16.4 Å². The Morgan fingerprint density at radius 3 is 2.44 bits per heavy atom. The van der Waals surface area contributed by atoms with Crippen LogP contribution in [0.4, 0.5) is 5.69 Å². The summed E-state index contributed by atoms with van der Waals surface area (Å²) in [5.41, 5.74) is 0.636. The Kier molecular flexibility index (Phi) is 7.32. The third-order valence-corrected chi connectivity index (χ3v) is 4.08. The van der Waals surface area contributed by atoms with Gasteiger partial charge in [-0.05, 0) is 36.5 Å². The highest BCUT2D eigenvalue weighted by atomic mass is 35.6. The maximum absolute atomic E-state index is 12.1. The summed E-state index contributed by atoms with van der Waals surface area (Å²) >= 11 is 22.9. The number of furan rings is 1. The molecule has 1 aromatic heterocycles. The molecule has 0 saturated carbocycles. The summed E-state index contributed by atoms with van der Waals surface area (Å²) in [6.45, 7) is 0. The molecule has 27 heavy (non-hydrogen) atoms. The van der Waals surface area contributed by atoms with Crippen LogP contribution < -0.4 is 16.0 Å². The first kappa shape index (κ1) is 21.3. The topological polar surface area (TPSA) is 92.6 Å². The quantitative estimate of drug-likeness (QED) is 0.278. The lowest BCUT2D eigenvalue weighted by Gasteiger charge is -2.27. The standard InChI is InChI=1S/C16H14Cl3N3O4S/c1-25-13(24)9-5-2-3-6-10(9)20-15(27)22-14(16(17,18)19)21-12(23)11-7-4-8-26-11/h2-8,14H,1H3,(H,21,23)(H2,20,22,27)/t14-/m1/s1. The van der Waals surface area contributed by atoms with E-state index in [2.05, 4.69) is 16.0 Å². The molecule has 0 spiro atoms. The maximum atomic E-state index is 12.1. The molecule has 0 fully saturated rings. The number of alkyl halides is 3. The molecule has 0 saturated heterocycles. The normalized spacial score (nSPS) is 12.0. The van der Waals surface area contributed by atoms with Crippen molar-refractivity contribution in [3.63, 3.8) is 0 Å². The van der Waals surface area contributed by atoms with E-state index in [0.717, 1.165) is 0 Å². The second-order valence-corrected chi connectivity index (χ2v) is 7.84. The molecule has 0 radical (unpaired) electrons. The van der Waals surface area contributed by atoms with Gasteiger partial charge in [0.25, 0.3) is 5.91 Å². The number of carbonyl (C=O) groups excluding carboxylic acids is 2. The second-order valence-electron chi connectivity index (χ2n) is 5.06. The number of benzene rings is 1. The Balaban J connectivity index is 2.11. The van der Waals surface area contributed by atoms with Gasteiger partial charge in [0.05, 0.1) is 24.6 Å². The summed E-state index contributed by atoms with van der Waals surface area (Å²) < 4.78 is 7.77. The Hall–Kier alpha value is -2.00. The molecule has 1 atom stereocenters. The van der Waals surface area contributed by atoms with Crippen molar-refractivity contribution in [2.75, 3.05) is 12.4 Å². The fourth-order valence-corrected chi connectivity index (χ4v) is 2.53. The number of rotatable bonds is 5. The van der Waals surface area contributed by atoms with Crippen LogP contribution >= 0.6 is 47.0 Å². The summed E-state index contributed by atoms with van der Waals surface area (Å²) in [4.78, 5) is 24.0. The van der Waals surface area contributed by atoms with Crippen LogP contribution in [0.3, 0.4) is 0 Å². The average molecular weight is 451 g/mol. The van der Waals surface area contributed by atoms with Gasteiger partial charge in [0.1, 0.15) is 6.17 Å². The highest BCUT2D eigenvalue weighted by molar-refractivity contribution is 7.80. The zero-order chi connectivity index (χ0) is 20.0. The van der Waals surface area contributed by atoms with Crippen LogP contribution in [-0.2, 0) is 4.74 Å². The molecule has 0 aliphatic rings. The summed E-state index contributed by atoms with van der Waals surface area (Å²) in [6.07, 6.45) is 0.146. The molecule has 144 valence electrons.